The third-order valence-corrected chi connectivity index (χ3v) is 3.16. The molecule has 0 aliphatic heterocycles. The number of hydrazine groups is 1. The molecule has 0 aliphatic rings. The van der Waals surface area contributed by atoms with Crippen molar-refractivity contribution < 1.29 is 4.92 Å². The molecule has 7 nitrogen and oxygen atoms in total. The van der Waals surface area contributed by atoms with Gasteiger partial charge in [0.25, 0.3) is 0 Å². The van der Waals surface area contributed by atoms with Crippen LogP contribution in [-0.4, -0.2) is 16.5 Å². The number of pyridine rings is 1. The molecule has 2 aromatic rings. The molecule has 1 unspecified atom stereocenters. The molecule has 0 aliphatic carbocycles. The largest absolute Gasteiger partial charge is 0.364 e. The van der Waals surface area contributed by atoms with Crippen molar-refractivity contribution in [1.29, 1.82) is 0 Å². The summed E-state index contributed by atoms with van der Waals surface area (Å²) >= 11 is 0. The number of anilines is 2. The van der Waals surface area contributed by atoms with Crippen molar-refractivity contribution in [3.8, 4) is 0 Å². The van der Waals surface area contributed by atoms with Crippen molar-refractivity contribution in [3.05, 3.63) is 58.1 Å². The molecule has 0 saturated heterocycles. The Morgan fingerprint density at radius 2 is 2.00 bits per heavy atom. The van der Waals surface area contributed by atoms with Gasteiger partial charge in [0.05, 0.1) is 4.92 Å². The minimum Gasteiger partial charge on any atom is -0.364 e. The lowest BCUT2D eigenvalue weighted by atomic mass is 10.0. The molecule has 0 spiro atoms. The zero-order valence-electron chi connectivity index (χ0n) is 11.6. The van der Waals surface area contributed by atoms with Gasteiger partial charge in [-0.15, -0.1) is 0 Å². The van der Waals surface area contributed by atoms with Crippen molar-refractivity contribution in [3.63, 3.8) is 0 Å². The Hall–Kier alpha value is -2.67. The highest BCUT2D eigenvalue weighted by Gasteiger charge is 2.16. The van der Waals surface area contributed by atoms with E-state index in [4.69, 9.17) is 5.84 Å². The molecule has 0 radical (unpaired) electrons. The summed E-state index contributed by atoms with van der Waals surface area (Å²) in [5.41, 5.74) is 3.46. The fourth-order valence-corrected chi connectivity index (χ4v) is 1.96. The van der Waals surface area contributed by atoms with Crippen LogP contribution in [0.25, 0.3) is 0 Å². The number of hydrogen-bond donors (Lipinski definition) is 3. The molecule has 1 heterocycles. The van der Waals surface area contributed by atoms with Gasteiger partial charge >= 0.3 is 5.69 Å². The quantitative estimate of drug-likeness (QED) is 0.428. The Labute approximate surface area is 122 Å². The summed E-state index contributed by atoms with van der Waals surface area (Å²) in [6.07, 6.45) is 0. The molecule has 7 heteroatoms. The van der Waals surface area contributed by atoms with Crippen LogP contribution in [0, 0.1) is 10.1 Å². The van der Waals surface area contributed by atoms with E-state index in [9.17, 15) is 10.1 Å². The van der Waals surface area contributed by atoms with Crippen molar-refractivity contribution >= 4 is 17.3 Å². The van der Waals surface area contributed by atoms with Crippen LogP contribution in [0.3, 0.4) is 0 Å². The SMILES string of the molecule is CC(CNc1nc(NN)ccc1[N+](=O)[O-])c1ccccc1. The second-order valence-corrected chi connectivity index (χ2v) is 4.66. The third-order valence-electron chi connectivity index (χ3n) is 3.16. The number of aromatic nitrogens is 1. The lowest BCUT2D eigenvalue weighted by molar-refractivity contribution is -0.384. The molecular formula is C14H17N5O2. The predicted molar refractivity (Wildman–Crippen MR) is 82.0 cm³/mol. The summed E-state index contributed by atoms with van der Waals surface area (Å²) in [7, 11) is 0. The Bertz CT molecular complexity index is 618. The molecule has 0 bridgehead atoms. The van der Waals surface area contributed by atoms with Gasteiger partial charge in [-0.25, -0.2) is 10.8 Å². The van der Waals surface area contributed by atoms with Crippen LogP contribution in [0.2, 0.25) is 0 Å². The number of nitrogens with two attached hydrogens (primary N) is 1. The lowest BCUT2D eigenvalue weighted by Crippen LogP contribution is -2.14. The van der Waals surface area contributed by atoms with Gasteiger partial charge in [-0.2, -0.15) is 0 Å². The normalized spacial score (nSPS) is 11.7. The zero-order chi connectivity index (χ0) is 15.2. The van der Waals surface area contributed by atoms with Crippen LogP contribution < -0.4 is 16.6 Å². The van der Waals surface area contributed by atoms with Crippen LogP contribution in [-0.2, 0) is 0 Å². The highest BCUT2D eigenvalue weighted by atomic mass is 16.6. The van der Waals surface area contributed by atoms with Crippen molar-refractivity contribution in [1.82, 2.24) is 4.98 Å². The fraction of sp³-hybridized carbons (Fsp3) is 0.214. The molecule has 110 valence electrons. The highest BCUT2D eigenvalue weighted by Crippen LogP contribution is 2.25. The molecule has 0 saturated carbocycles. The minimum atomic E-state index is -0.469. The molecule has 1 atom stereocenters. The second-order valence-electron chi connectivity index (χ2n) is 4.66. The molecule has 0 amide bonds. The van der Waals surface area contributed by atoms with E-state index in [1.165, 1.54) is 12.1 Å². The van der Waals surface area contributed by atoms with Gasteiger partial charge in [0.15, 0.2) is 0 Å². The van der Waals surface area contributed by atoms with Gasteiger partial charge in [-0.3, -0.25) is 10.1 Å². The number of nitrogens with zero attached hydrogens (tertiary/aromatic N) is 2. The number of nitrogens with one attached hydrogen (secondary N) is 2. The number of nitrogen functional groups attached to an aromatic ring is 1. The van der Waals surface area contributed by atoms with E-state index in [2.05, 4.69) is 15.7 Å². The van der Waals surface area contributed by atoms with Crippen LogP contribution in [0.1, 0.15) is 18.4 Å². The number of benzene rings is 1. The Kier molecular flexibility index (Phi) is 4.68. The van der Waals surface area contributed by atoms with Crippen molar-refractivity contribution in [2.45, 2.75) is 12.8 Å². The van der Waals surface area contributed by atoms with Gasteiger partial charge in [0.2, 0.25) is 5.82 Å². The Morgan fingerprint density at radius 1 is 1.29 bits per heavy atom. The first-order valence-electron chi connectivity index (χ1n) is 6.52. The van der Waals surface area contributed by atoms with Crippen LogP contribution >= 0.6 is 0 Å². The van der Waals surface area contributed by atoms with E-state index in [1.807, 2.05) is 37.3 Å². The van der Waals surface area contributed by atoms with Crippen LogP contribution in [0.15, 0.2) is 42.5 Å². The van der Waals surface area contributed by atoms with E-state index < -0.39 is 4.92 Å². The average Bonchev–Trinajstić information content (AvgIpc) is 2.52. The summed E-state index contributed by atoms with van der Waals surface area (Å²) in [5, 5.41) is 14.0. The Morgan fingerprint density at radius 3 is 2.62 bits per heavy atom. The zero-order valence-corrected chi connectivity index (χ0v) is 11.6. The van der Waals surface area contributed by atoms with E-state index >= 15 is 0 Å². The molecule has 4 N–H and O–H groups in total. The van der Waals surface area contributed by atoms with Crippen LogP contribution in [0.5, 0.6) is 0 Å². The minimum absolute atomic E-state index is 0.0748. The van der Waals surface area contributed by atoms with Crippen LogP contribution in [0.4, 0.5) is 17.3 Å². The summed E-state index contributed by atoms with van der Waals surface area (Å²) < 4.78 is 0. The maximum absolute atomic E-state index is 11.0. The maximum atomic E-state index is 11.0. The fourth-order valence-electron chi connectivity index (χ4n) is 1.96. The predicted octanol–water partition coefficient (Wildman–Crippen LogP) is 2.49. The van der Waals surface area contributed by atoms with Gasteiger partial charge < -0.3 is 10.7 Å². The number of nitro groups is 1. The average molecular weight is 287 g/mol. The standard InChI is InChI=1S/C14H17N5O2/c1-10(11-5-3-2-4-6-11)9-16-14-12(19(20)21)7-8-13(17-14)18-15/h2-8,10H,9,15H2,1H3,(H2,16,17,18). The first-order valence-corrected chi connectivity index (χ1v) is 6.52. The highest BCUT2D eigenvalue weighted by molar-refractivity contribution is 5.60. The summed E-state index contributed by atoms with van der Waals surface area (Å²) in [4.78, 5) is 14.6. The number of rotatable bonds is 6. The summed E-state index contributed by atoms with van der Waals surface area (Å²) in [6, 6.07) is 12.8. The third kappa shape index (κ3) is 3.67. The van der Waals surface area contributed by atoms with E-state index in [0.29, 0.717) is 12.4 Å². The molecule has 2 rings (SSSR count). The van der Waals surface area contributed by atoms with E-state index in [-0.39, 0.29) is 17.4 Å². The monoisotopic (exact) mass is 287 g/mol. The first kappa shape index (κ1) is 14.7. The lowest BCUT2D eigenvalue weighted by Gasteiger charge is -2.14. The molecular weight excluding hydrogens is 270 g/mol. The first-order chi connectivity index (χ1) is 10.1. The topological polar surface area (TPSA) is 106 Å². The van der Waals surface area contributed by atoms with Crippen molar-refractivity contribution in [2.24, 2.45) is 5.84 Å². The smallest absolute Gasteiger partial charge is 0.311 e. The van der Waals surface area contributed by atoms with Gasteiger partial charge in [0, 0.05) is 12.6 Å². The van der Waals surface area contributed by atoms with Gasteiger partial charge in [-0.1, -0.05) is 37.3 Å². The van der Waals surface area contributed by atoms with Gasteiger partial charge in [-0.05, 0) is 17.5 Å². The summed E-state index contributed by atoms with van der Waals surface area (Å²) in [6.45, 7) is 2.57. The van der Waals surface area contributed by atoms with Gasteiger partial charge in [0.1, 0.15) is 5.82 Å². The van der Waals surface area contributed by atoms with E-state index in [0.717, 1.165) is 5.56 Å². The Balaban J connectivity index is 2.13. The van der Waals surface area contributed by atoms with E-state index in [1.54, 1.807) is 0 Å². The molecule has 21 heavy (non-hydrogen) atoms. The summed E-state index contributed by atoms with van der Waals surface area (Å²) in [5.74, 6) is 6.06. The second kappa shape index (κ2) is 6.67. The van der Waals surface area contributed by atoms with Crippen molar-refractivity contribution in [2.75, 3.05) is 17.3 Å². The molecule has 0 fully saturated rings. The molecule has 1 aromatic heterocycles. The number of hydrogen-bond acceptors (Lipinski definition) is 6. The molecule has 1 aromatic carbocycles. The maximum Gasteiger partial charge on any atom is 0.311 e.